The first kappa shape index (κ1) is 14.8. The Morgan fingerprint density at radius 3 is 2.53 bits per heavy atom. The van der Waals surface area contributed by atoms with Gasteiger partial charge in [-0.05, 0) is 26.0 Å². The molecule has 0 aromatic heterocycles. The van der Waals surface area contributed by atoms with Crippen molar-refractivity contribution in [3.63, 3.8) is 0 Å². The predicted octanol–water partition coefficient (Wildman–Crippen LogP) is 1.69. The molecular formula is C14H17NO4. The molecule has 1 rings (SSSR count). The molecule has 0 radical (unpaired) electrons. The van der Waals surface area contributed by atoms with Crippen molar-refractivity contribution in [3.8, 4) is 5.75 Å². The number of hydrogen-bond donors (Lipinski definition) is 2. The van der Waals surface area contributed by atoms with Crippen LogP contribution in [0.25, 0.3) is 6.08 Å². The molecule has 0 aliphatic heterocycles. The van der Waals surface area contributed by atoms with Crippen molar-refractivity contribution in [2.24, 2.45) is 0 Å². The second-order valence-corrected chi connectivity index (χ2v) is 4.49. The molecule has 1 aromatic rings. The van der Waals surface area contributed by atoms with Crippen LogP contribution in [0.2, 0.25) is 0 Å². The molecule has 0 atom stereocenters. The maximum Gasteiger partial charge on any atom is 0.328 e. The van der Waals surface area contributed by atoms with E-state index in [9.17, 15) is 9.59 Å². The van der Waals surface area contributed by atoms with Crippen molar-refractivity contribution in [3.05, 3.63) is 35.9 Å². The van der Waals surface area contributed by atoms with Crippen molar-refractivity contribution >= 4 is 18.0 Å². The number of carbonyl (C=O) groups excluding carboxylic acids is 1. The molecule has 0 fully saturated rings. The number of carboxylic acids is 1. The zero-order valence-corrected chi connectivity index (χ0v) is 11.1. The van der Waals surface area contributed by atoms with Gasteiger partial charge in [-0.15, -0.1) is 0 Å². The minimum atomic E-state index is -1.30. The molecule has 0 aliphatic carbocycles. The number of amides is 1. The Kier molecular flexibility index (Phi) is 4.69. The quantitative estimate of drug-likeness (QED) is 0.793. The highest BCUT2D eigenvalue weighted by Gasteiger charge is 2.27. The number of nitrogens with one attached hydrogen (secondary N) is 1. The van der Waals surface area contributed by atoms with E-state index < -0.39 is 17.4 Å². The number of methoxy groups -OCH3 is 1. The molecule has 0 saturated heterocycles. The van der Waals surface area contributed by atoms with Crippen molar-refractivity contribution < 1.29 is 19.4 Å². The summed E-state index contributed by atoms with van der Waals surface area (Å²) in [5.74, 6) is -0.922. The summed E-state index contributed by atoms with van der Waals surface area (Å²) in [6.07, 6.45) is 2.86. The Labute approximate surface area is 111 Å². The molecule has 1 amide bonds. The molecule has 0 unspecified atom stereocenters. The van der Waals surface area contributed by atoms with E-state index in [1.807, 2.05) is 12.1 Å². The van der Waals surface area contributed by atoms with Gasteiger partial charge in [0.1, 0.15) is 11.3 Å². The number of aliphatic carboxylic acids is 1. The molecule has 0 spiro atoms. The summed E-state index contributed by atoms with van der Waals surface area (Å²) >= 11 is 0. The highest BCUT2D eigenvalue weighted by Crippen LogP contribution is 2.18. The summed E-state index contributed by atoms with van der Waals surface area (Å²) in [5, 5.41) is 11.3. The molecule has 5 nitrogen and oxygen atoms in total. The van der Waals surface area contributed by atoms with Crippen LogP contribution in [0.15, 0.2) is 30.3 Å². The second kappa shape index (κ2) is 6.04. The number of carbonyl (C=O) groups is 2. The summed E-state index contributed by atoms with van der Waals surface area (Å²) in [6, 6.07) is 7.22. The van der Waals surface area contributed by atoms with E-state index >= 15 is 0 Å². The van der Waals surface area contributed by atoms with Gasteiger partial charge in [0, 0.05) is 11.6 Å². The Balaban J connectivity index is 2.77. The monoisotopic (exact) mass is 263 g/mol. The fraction of sp³-hybridized carbons (Fsp3) is 0.286. The lowest BCUT2D eigenvalue weighted by Crippen LogP contribution is -2.49. The molecule has 0 bridgehead atoms. The van der Waals surface area contributed by atoms with Gasteiger partial charge in [-0.3, -0.25) is 4.79 Å². The smallest absolute Gasteiger partial charge is 0.328 e. The van der Waals surface area contributed by atoms with Gasteiger partial charge in [0.05, 0.1) is 7.11 Å². The fourth-order valence-electron chi connectivity index (χ4n) is 1.37. The average molecular weight is 263 g/mol. The van der Waals surface area contributed by atoms with Crippen molar-refractivity contribution in [1.82, 2.24) is 5.32 Å². The van der Waals surface area contributed by atoms with E-state index in [0.29, 0.717) is 5.75 Å². The summed E-state index contributed by atoms with van der Waals surface area (Å²) in [6.45, 7) is 2.84. The Morgan fingerprint density at radius 1 is 1.32 bits per heavy atom. The van der Waals surface area contributed by atoms with Crippen LogP contribution in [0, 0.1) is 0 Å². The zero-order valence-electron chi connectivity index (χ0n) is 11.1. The fourth-order valence-corrected chi connectivity index (χ4v) is 1.37. The van der Waals surface area contributed by atoms with Crippen LogP contribution in [0.3, 0.4) is 0 Å². The second-order valence-electron chi connectivity index (χ2n) is 4.49. The van der Waals surface area contributed by atoms with E-state index in [4.69, 9.17) is 9.84 Å². The van der Waals surface area contributed by atoms with E-state index in [-0.39, 0.29) is 0 Å². The summed E-state index contributed by atoms with van der Waals surface area (Å²) in [4.78, 5) is 22.5. The van der Waals surface area contributed by atoms with E-state index in [1.54, 1.807) is 25.3 Å². The van der Waals surface area contributed by atoms with Gasteiger partial charge in [0.15, 0.2) is 0 Å². The highest BCUT2D eigenvalue weighted by atomic mass is 16.5. The average Bonchev–Trinajstić information content (AvgIpc) is 2.36. The first-order valence-corrected chi connectivity index (χ1v) is 5.73. The van der Waals surface area contributed by atoms with E-state index in [0.717, 1.165) is 5.56 Å². The number of rotatable bonds is 5. The maximum absolute atomic E-state index is 11.6. The van der Waals surface area contributed by atoms with Crippen LogP contribution in [0.5, 0.6) is 5.75 Å². The largest absolute Gasteiger partial charge is 0.496 e. The lowest BCUT2D eigenvalue weighted by atomic mass is 10.1. The molecule has 19 heavy (non-hydrogen) atoms. The van der Waals surface area contributed by atoms with Gasteiger partial charge in [0.25, 0.3) is 0 Å². The van der Waals surface area contributed by atoms with Gasteiger partial charge in [-0.1, -0.05) is 18.2 Å². The van der Waals surface area contributed by atoms with Crippen LogP contribution >= 0.6 is 0 Å². The van der Waals surface area contributed by atoms with Crippen LogP contribution < -0.4 is 10.1 Å². The molecular weight excluding hydrogens is 246 g/mol. The third kappa shape index (κ3) is 4.13. The molecule has 1 aromatic carbocycles. The van der Waals surface area contributed by atoms with Crippen molar-refractivity contribution in [2.75, 3.05) is 7.11 Å². The summed E-state index contributed by atoms with van der Waals surface area (Å²) < 4.78 is 5.14. The van der Waals surface area contributed by atoms with E-state index in [1.165, 1.54) is 19.9 Å². The normalized spacial score (nSPS) is 11.3. The van der Waals surface area contributed by atoms with Crippen molar-refractivity contribution in [2.45, 2.75) is 19.4 Å². The highest BCUT2D eigenvalue weighted by molar-refractivity contribution is 5.95. The number of carboxylic acid groups (broad SMARTS) is 1. The summed E-state index contributed by atoms with van der Waals surface area (Å²) in [7, 11) is 1.54. The Morgan fingerprint density at radius 2 is 1.95 bits per heavy atom. The zero-order chi connectivity index (χ0) is 14.5. The van der Waals surface area contributed by atoms with Crippen LogP contribution in [-0.4, -0.2) is 29.6 Å². The summed E-state index contributed by atoms with van der Waals surface area (Å²) in [5.41, 5.74) is -0.560. The van der Waals surface area contributed by atoms with Crippen LogP contribution in [0.1, 0.15) is 19.4 Å². The van der Waals surface area contributed by atoms with Crippen molar-refractivity contribution in [1.29, 1.82) is 0 Å². The third-order valence-corrected chi connectivity index (χ3v) is 2.52. The molecule has 0 aliphatic rings. The maximum atomic E-state index is 11.6. The number of hydrogen-bond acceptors (Lipinski definition) is 3. The SMILES string of the molecule is COc1ccccc1/C=C/C(=O)NC(C)(C)C(=O)O. The first-order chi connectivity index (χ1) is 8.86. The Hall–Kier alpha value is -2.30. The molecule has 102 valence electrons. The number of para-hydroxylation sites is 1. The third-order valence-electron chi connectivity index (χ3n) is 2.52. The molecule has 0 saturated carbocycles. The number of benzene rings is 1. The molecule has 2 N–H and O–H groups in total. The number of ether oxygens (including phenoxy) is 1. The first-order valence-electron chi connectivity index (χ1n) is 5.73. The molecule has 0 heterocycles. The molecule has 5 heteroatoms. The van der Waals surface area contributed by atoms with Crippen LogP contribution in [-0.2, 0) is 9.59 Å². The van der Waals surface area contributed by atoms with E-state index in [2.05, 4.69) is 5.32 Å². The van der Waals surface area contributed by atoms with Gasteiger partial charge in [0.2, 0.25) is 5.91 Å². The predicted molar refractivity (Wildman–Crippen MR) is 71.9 cm³/mol. The van der Waals surface area contributed by atoms with Gasteiger partial charge >= 0.3 is 5.97 Å². The minimum absolute atomic E-state index is 0.474. The lowest BCUT2D eigenvalue weighted by Gasteiger charge is -2.19. The van der Waals surface area contributed by atoms with Gasteiger partial charge in [-0.25, -0.2) is 4.79 Å². The van der Waals surface area contributed by atoms with Gasteiger partial charge in [-0.2, -0.15) is 0 Å². The van der Waals surface area contributed by atoms with Gasteiger partial charge < -0.3 is 15.2 Å². The minimum Gasteiger partial charge on any atom is -0.496 e. The standard InChI is InChI=1S/C14H17NO4/c1-14(2,13(17)18)15-12(16)9-8-10-6-4-5-7-11(10)19-3/h4-9H,1-3H3,(H,15,16)(H,17,18)/b9-8+. The lowest BCUT2D eigenvalue weighted by molar-refractivity contribution is -0.145. The van der Waals surface area contributed by atoms with Crippen LogP contribution in [0.4, 0.5) is 0 Å². The topological polar surface area (TPSA) is 75.6 Å². The Bertz CT molecular complexity index is 506.